The minimum absolute atomic E-state index is 0.0113. The molecule has 0 bridgehead atoms. The summed E-state index contributed by atoms with van der Waals surface area (Å²) in [4.78, 5) is 5.04. The monoisotopic (exact) mass is 264 g/mol. The molecule has 0 heterocycles. The third-order valence-corrected chi connectivity index (χ3v) is 4.51. The number of anilines is 1. The smallest absolute Gasteiger partial charge is 0.173 e. The first-order valence-electron chi connectivity index (χ1n) is 7.00. The van der Waals surface area contributed by atoms with Gasteiger partial charge in [0.05, 0.1) is 5.69 Å². The van der Waals surface area contributed by atoms with Crippen LogP contribution in [-0.2, 0) is 10.8 Å². The molecule has 0 saturated carbocycles. The van der Waals surface area contributed by atoms with E-state index in [-0.39, 0.29) is 10.8 Å². The topological polar surface area (TPSA) is 61.3 Å². The van der Waals surface area contributed by atoms with Crippen LogP contribution in [0.2, 0.25) is 0 Å². The number of rotatable bonds is 5. The number of hydrogen-bond donors (Lipinski definition) is 2. The van der Waals surface area contributed by atoms with Gasteiger partial charge in [-0.2, -0.15) is 5.90 Å². The molecule has 3 nitrogen and oxygen atoms in total. The molecule has 0 aliphatic rings. The van der Waals surface area contributed by atoms with Crippen LogP contribution in [0.1, 0.15) is 65.5 Å². The first-order chi connectivity index (χ1) is 8.69. The third kappa shape index (κ3) is 3.03. The van der Waals surface area contributed by atoms with Crippen LogP contribution >= 0.6 is 0 Å². The maximum absolute atomic E-state index is 6.13. The van der Waals surface area contributed by atoms with Crippen molar-refractivity contribution in [2.24, 2.45) is 5.90 Å². The Balaban J connectivity index is 3.52. The van der Waals surface area contributed by atoms with Gasteiger partial charge >= 0.3 is 0 Å². The first-order valence-corrected chi connectivity index (χ1v) is 7.00. The van der Waals surface area contributed by atoms with Gasteiger partial charge in [-0.1, -0.05) is 47.6 Å². The molecule has 0 amide bonds. The summed E-state index contributed by atoms with van der Waals surface area (Å²) >= 11 is 0. The predicted octanol–water partition coefficient (Wildman–Crippen LogP) is 3.90. The summed E-state index contributed by atoms with van der Waals surface area (Å²) < 4.78 is 0. The summed E-state index contributed by atoms with van der Waals surface area (Å²) in [7, 11) is 0. The Morgan fingerprint density at radius 2 is 1.53 bits per heavy atom. The Bertz CT molecular complexity index is 450. The van der Waals surface area contributed by atoms with E-state index in [0.717, 1.165) is 18.4 Å². The number of hydrogen-bond acceptors (Lipinski definition) is 3. The van der Waals surface area contributed by atoms with Crippen molar-refractivity contribution >= 4 is 5.69 Å². The summed E-state index contributed by atoms with van der Waals surface area (Å²) in [5.74, 6) is 6.03. The molecule has 0 unspecified atom stereocenters. The lowest BCUT2D eigenvalue weighted by Gasteiger charge is -2.30. The van der Waals surface area contributed by atoms with Gasteiger partial charge in [0.2, 0.25) is 0 Å². The molecule has 0 aliphatic heterocycles. The van der Waals surface area contributed by atoms with Gasteiger partial charge in [0.1, 0.15) is 0 Å². The molecular weight excluding hydrogens is 236 g/mol. The van der Waals surface area contributed by atoms with E-state index < -0.39 is 0 Å². The number of nitrogens with two attached hydrogens (primary N) is 2. The van der Waals surface area contributed by atoms with E-state index in [0.29, 0.717) is 11.4 Å². The van der Waals surface area contributed by atoms with E-state index in [1.165, 1.54) is 5.56 Å². The van der Waals surface area contributed by atoms with Crippen molar-refractivity contribution in [2.45, 2.75) is 65.2 Å². The van der Waals surface area contributed by atoms with Gasteiger partial charge in [-0.15, -0.1) is 0 Å². The maximum atomic E-state index is 6.13. The standard InChI is InChI=1S/C16H28N2O/c1-7-15(3,4)11-9-12(16(5,6)8-2)14(19-18)13(17)10-11/h9-10H,7-8,17-18H2,1-6H3. The minimum Gasteiger partial charge on any atom is -0.409 e. The molecule has 0 aliphatic carbocycles. The molecule has 0 atom stereocenters. The summed E-state index contributed by atoms with van der Waals surface area (Å²) in [6.07, 6.45) is 2.06. The van der Waals surface area contributed by atoms with Crippen molar-refractivity contribution in [1.29, 1.82) is 0 Å². The molecule has 3 heteroatoms. The molecule has 1 aromatic carbocycles. The highest BCUT2D eigenvalue weighted by Gasteiger charge is 2.28. The fourth-order valence-corrected chi connectivity index (χ4v) is 2.07. The van der Waals surface area contributed by atoms with E-state index in [1.54, 1.807) is 0 Å². The predicted molar refractivity (Wildman–Crippen MR) is 82.3 cm³/mol. The van der Waals surface area contributed by atoms with Gasteiger partial charge < -0.3 is 10.6 Å². The zero-order valence-electron chi connectivity index (χ0n) is 13.1. The second-order valence-corrected chi connectivity index (χ2v) is 6.53. The summed E-state index contributed by atoms with van der Waals surface area (Å²) in [6.45, 7) is 13.2. The zero-order chi connectivity index (χ0) is 14.8. The van der Waals surface area contributed by atoms with Gasteiger partial charge in [0.25, 0.3) is 0 Å². The van der Waals surface area contributed by atoms with E-state index >= 15 is 0 Å². The van der Waals surface area contributed by atoms with Crippen LogP contribution in [-0.4, -0.2) is 0 Å². The Hall–Kier alpha value is -1.22. The molecule has 19 heavy (non-hydrogen) atoms. The first kappa shape index (κ1) is 15.8. The van der Waals surface area contributed by atoms with E-state index in [1.807, 2.05) is 6.07 Å². The molecule has 0 radical (unpaired) electrons. The van der Waals surface area contributed by atoms with Crippen LogP contribution in [0.15, 0.2) is 12.1 Å². The Labute approximate surface area is 117 Å². The largest absolute Gasteiger partial charge is 0.409 e. The minimum atomic E-state index is -0.0113. The van der Waals surface area contributed by atoms with E-state index in [4.69, 9.17) is 16.5 Å². The molecule has 0 fully saturated rings. The average molecular weight is 264 g/mol. The maximum Gasteiger partial charge on any atom is 0.173 e. The Morgan fingerprint density at radius 3 is 1.95 bits per heavy atom. The van der Waals surface area contributed by atoms with E-state index in [2.05, 4.69) is 47.6 Å². The lowest BCUT2D eigenvalue weighted by molar-refractivity contribution is 0.322. The number of nitrogen functional groups attached to an aromatic ring is 1. The second kappa shape index (κ2) is 5.41. The highest BCUT2D eigenvalue weighted by Crippen LogP contribution is 2.41. The van der Waals surface area contributed by atoms with Crippen LogP contribution < -0.4 is 16.5 Å². The molecule has 0 saturated heterocycles. The van der Waals surface area contributed by atoms with Crippen LogP contribution in [0.3, 0.4) is 0 Å². The van der Waals surface area contributed by atoms with E-state index in [9.17, 15) is 0 Å². The molecule has 0 spiro atoms. The SMILES string of the molecule is CCC(C)(C)c1cc(N)c(ON)c(C(C)(C)CC)c1. The summed E-state index contributed by atoms with van der Waals surface area (Å²) in [6, 6.07) is 4.19. The van der Waals surface area contributed by atoms with Crippen LogP contribution in [0.4, 0.5) is 5.69 Å². The highest BCUT2D eigenvalue weighted by molar-refractivity contribution is 5.61. The van der Waals surface area contributed by atoms with Crippen molar-refractivity contribution < 1.29 is 4.84 Å². The lowest BCUT2D eigenvalue weighted by Crippen LogP contribution is -2.23. The average Bonchev–Trinajstić information content (AvgIpc) is 2.37. The van der Waals surface area contributed by atoms with Crippen LogP contribution in [0, 0.1) is 0 Å². The van der Waals surface area contributed by atoms with Gasteiger partial charge in [-0.3, -0.25) is 0 Å². The van der Waals surface area contributed by atoms with Gasteiger partial charge in [-0.05, 0) is 35.3 Å². The highest BCUT2D eigenvalue weighted by atomic mass is 16.6. The summed E-state index contributed by atoms with van der Waals surface area (Å²) in [5.41, 5.74) is 9.17. The van der Waals surface area contributed by atoms with Crippen molar-refractivity contribution in [2.75, 3.05) is 5.73 Å². The normalized spacial score (nSPS) is 12.6. The van der Waals surface area contributed by atoms with Crippen LogP contribution in [0.5, 0.6) is 5.75 Å². The molecule has 4 N–H and O–H groups in total. The van der Waals surface area contributed by atoms with Gasteiger partial charge in [0, 0.05) is 5.56 Å². The van der Waals surface area contributed by atoms with Crippen LogP contribution in [0.25, 0.3) is 0 Å². The molecule has 1 rings (SSSR count). The second-order valence-electron chi connectivity index (χ2n) is 6.53. The zero-order valence-corrected chi connectivity index (χ0v) is 13.1. The van der Waals surface area contributed by atoms with Crippen molar-refractivity contribution in [3.63, 3.8) is 0 Å². The third-order valence-electron chi connectivity index (χ3n) is 4.51. The number of benzene rings is 1. The van der Waals surface area contributed by atoms with Gasteiger partial charge in [0.15, 0.2) is 5.75 Å². The molecule has 108 valence electrons. The van der Waals surface area contributed by atoms with Crippen molar-refractivity contribution in [3.05, 3.63) is 23.3 Å². The quantitative estimate of drug-likeness (QED) is 0.626. The molecule has 0 aromatic heterocycles. The Morgan fingerprint density at radius 1 is 1.00 bits per heavy atom. The molecule has 1 aromatic rings. The fraction of sp³-hybridized carbons (Fsp3) is 0.625. The molecular formula is C16H28N2O. The summed E-state index contributed by atoms with van der Waals surface area (Å²) in [5, 5.41) is 0. The Kier molecular flexibility index (Phi) is 4.51. The van der Waals surface area contributed by atoms with Crippen molar-refractivity contribution in [1.82, 2.24) is 0 Å². The fourth-order valence-electron chi connectivity index (χ4n) is 2.07. The van der Waals surface area contributed by atoms with Gasteiger partial charge in [-0.25, -0.2) is 0 Å². The lowest BCUT2D eigenvalue weighted by atomic mass is 9.76. The van der Waals surface area contributed by atoms with Crippen molar-refractivity contribution in [3.8, 4) is 5.75 Å².